The van der Waals surface area contributed by atoms with Gasteiger partial charge in [0.2, 0.25) is 10.0 Å². The molecule has 0 atom stereocenters. The first kappa shape index (κ1) is 19.0. The maximum Gasteiger partial charge on any atom is 0.252 e. The van der Waals surface area contributed by atoms with Gasteiger partial charge in [0.15, 0.2) is 0 Å². The van der Waals surface area contributed by atoms with E-state index in [1.165, 1.54) is 16.6 Å². The van der Waals surface area contributed by atoms with Gasteiger partial charge in [-0.25, -0.2) is 17.1 Å². The van der Waals surface area contributed by atoms with Crippen molar-refractivity contribution in [2.75, 3.05) is 25.9 Å². The highest BCUT2D eigenvalue weighted by Gasteiger charge is 2.17. The van der Waals surface area contributed by atoms with Crippen LogP contribution in [0.4, 0.5) is 4.39 Å². The van der Waals surface area contributed by atoms with Crippen molar-refractivity contribution in [3.05, 3.63) is 65.7 Å². The van der Waals surface area contributed by atoms with Crippen molar-refractivity contribution in [1.29, 1.82) is 0 Å². The van der Waals surface area contributed by atoms with Gasteiger partial charge in [0.1, 0.15) is 5.82 Å². The van der Waals surface area contributed by atoms with Crippen molar-refractivity contribution in [3.8, 4) is 0 Å². The van der Waals surface area contributed by atoms with E-state index in [1.807, 2.05) is 0 Å². The lowest BCUT2D eigenvalue weighted by atomic mass is 10.1. The number of hydrogen-bond acceptors (Lipinski definition) is 4. The summed E-state index contributed by atoms with van der Waals surface area (Å²) in [4.78, 5) is 15.8. The fourth-order valence-corrected chi connectivity index (χ4v) is 3.13. The lowest BCUT2D eigenvalue weighted by Gasteiger charge is -2.20. The Morgan fingerprint density at radius 1 is 1.20 bits per heavy atom. The van der Waals surface area contributed by atoms with E-state index in [2.05, 4.69) is 10.3 Å². The van der Waals surface area contributed by atoms with E-state index < -0.39 is 10.0 Å². The molecule has 1 heterocycles. The van der Waals surface area contributed by atoms with Gasteiger partial charge < -0.3 is 5.32 Å². The number of nitrogens with zero attached hydrogens (tertiary/aromatic N) is 2. The molecule has 2 aromatic rings. The van der Waals surface area contributed by atoms with Crippen LogP contribution in [-0.2, 0) is 16.4 Å². The van der Waals surface area contributed by atoms with Crippen LogP contribution >= 0.6 is 0 Å². The molecule has 1 aromatic carbocycles. The molecule has 0 radical (unpaired) electrons. The topological polar surface area (TPSA) is 79.4 Å². The SMILES string of the molecule is CS(=O)(=O)N(CCNC(=O)c1cccnc1)CCc1ccccc1F. The van der Waals surface area contributed by atoms with Crippen LogP contribution in [-0.4, -0.2) is 49.5 Å². The summed E-state index contributed by atoms with van der Waals surface area (Å²) in [5.41, 5.74) is 0.857. The maximum atomic E-state index is 13.7. The number of carbonyl (C=O) groups is 1. The zero-order valence-corrected chi connectivity index (χ0v) is 14.7. The molecule has 0 aliphatic carbocycles. The molecule has 6 nitrogen and oxygen atoms in total. The highest BCUT2D eigenvalue weighted by Crippen LogP contribution is 2.09. The molecule has 1 amide bonds. The standard InChI is InChI=1S/C17H20FN3O3S/c1-25(23,24)21(11-8-14-5-2-3-7-16(14)18)12-10-20-17(22)15-6-4-9-19-13-15/h2-7,9,13H,8,10-12H2,1H3,(H,20,22). The fraction of sp³-hybridized carbons (Fsp3) is 0.294. The Hall–Kier alpha value is -2.32. The lowest BCUT2D eigenvalue weighted by Crippen LogP contribution is -2.39. The summed E-state index contributed by atoms with van der Waals surface area (Å²) in [6, 6.07) is 9.52. The van der Waals surface area contributed by atoms with Crippen LogP contribution < -0.4 is 5.32 Å². The van der Waals surface area contributed by atoms with E-state index in [4.69, 9.17) is 0 Å². The number of aromatic nitrogens is 1. The van der Waals surface area contributed by atoms with Gasteiger partial charge in [-0.2, -0.15) is 0 Å². The highest BCUT2D eigenvalue weighted by atomic mass is 32.2. The van der Waals surface area contributed by atoms with Gasteiger partial charge in [-0.05, 0) is 30.2 Å². The van der Waals surface area contributed by atoms with Gasteiger partial charge in [-0.15, -0.1) is 0 Å². The lowest BCUT2D eigenvalue weighted by molar-refractivity contribution is 0.0951. The van der Waals surface area contributed by atoms with E-state index >= 15 is 0 Å². The quantitative estimate of drug-likeness (QED) is 0.768. The number of nitrogens with one attached hydrogen (secondary N) is 1. The number of rotatable bonds is 8. The maximum absolute atomic E-state index is 13.7. The summed E-state index contributed by atoms with van der Waals surface area (Å²) in [7, 11) is -3.46. The molecular weight excluding hydrogens is 345 g/mol. The molecule has 0 fully saturated rings. The second-order valence-electron chi connectivity index (χ2n) is 5.50. The molecule has 1 aromatic heterocycles. The number of hydrogen-bond donors (Lipinski definition) is 1. The molecule has 8 heteroatoms. The molecule has 0 spiro atoms. The Balaban J connectivity index is 1.90. The van der Waals surface area contributed by atoms with Gasteiger partial charge in [-0.3, -0.25) is 9.78 Å². The molecule has 0 aliphatic heterocycles. The van der Waals surface area contributed by atoms with Crippen LogP contribution in [0.1, 0.15) is 15.9 Å². The van der Waals surface area contributed by atoms with E-state index in [0.717, 1.165) is 6.26 Å². The predicted molar refractivity (Wildman–Crippen MR) is 93.1 cm³/mol. The van der Waals surface area contributed by atoms with Crippen LogP contribution in [0.5, 0.6) is 0 Å². The van der Waals surface area contributed by atoms with Crippen LogP contribution in [0.15, 0.2) is 48.8 Å². The first-order chi connectivity index (χ1) is 11.9. The van der Waals surface area contributed by atoms with Crippen LogP contribution in [0.25, 0.3) is 0 Å². The number of amides is 1. The molecule has 0 bridgehead atoms. The summed E-state index contributed by atoms with van der Waals surface area (Å²) in [5.74, 6) is -0.684. The Bertz CT molecular complexity index is 813. The molecule has 0 saturated heterocycles. The summed E-state index contributed by atoms with van der Waals surface area (Å²) in [6.07, 6.45) is 4.35. The third-order valence-corrected chi connectivity index (χ3v) is 4.93. The Labute approximate surface area is 146 Å². The van der Waals surface area contributed by atoms with Crippen molar-refractivity contribution in [2.24, 2.45) is 0 Å². The minimum atomic E-state index is -3.46. The molecule has 0 saturated carbocycles. The third kappa shape index (κ3) is 5.91. The molecule has 0 aliphatic rings. The molecule has 25 heavy (non-hydrogen) atoms. The molecule has 2 rings (SSSR count). The summed E-state index contributed by atoms with van der Waals surface area (Å²) >= 11 is 0. The van der Waals surface area contributed by atoms with Gasteiger partial charge >= 0.3 is 0 Å². The second kappa shape index (κ2) is 8.68. The Kier molecular flexibility index (Phi) is 6.60. The van der Waals surface area contributed by atoms with E-state index in [0.29, 0.717) is 11.1 Å². The fourth-order valence-electron chi connectivity index (χ4n) is 2.28. The van der Waals surface area contributed by atoms with Gasteiger partial charge in [0, 0.05) is 32.0 Å². The summed E-state index contributed by atoms with van der Waals surface area (Å²) in [5, 5.41) is 2.65. The van der Waals surface area contributed by atoms with E-state index in [9.17, 15) is 17.6 Å². The van der Waals surface area contributed by atoms with Crippen molar-refractivity contribution in [3.63, 3.8) is 0 Å². The molecular formula is C17H20FN3O3S. The Morgan fingerprint density at radius 2 is 1.96 bits per heavy atom. The second-order valence-corrected chi connectivity index (χ2v) is 7.48. The largest absolute Gasteiger partial charge is 0.351 e. The zero-order chi connectivity index (χ0) is 18.3. The average molecular weight is 365 g/mol. The van der Waals surface area contributed by atoms with Crippen molar-refractivity contribution < 1.29 is 17.6 Å². The average Bonchev–Trinajstić information content (AvgIpc) is 2.58. The highest BCUT2D eigenvalue weighted by molar-refractivity contribution is 7.88. The Morgan fingerprint density at radius 3 is 2.60 bits per heavy atom. The van der Waals surface area contributed by atoms with Crippen molar-refractivity contribution >= 4 is 15.9 Å². The normalized spacial score (nSPS) is 11.5. The summed E-state index contributed by atoms with van der Waals surface area (Å²) in [6.45, 7) is 0.403. The van der Waals surface area contributed by atoms with Crippen molar-refractivity contribution in [1.82, 2.24) is 14.6 Å². The molecule has 0 unspecified atom stereocenters. The predicted octanol–water partition coefficient (Wildman–Crippen LogP) is 1.45. The minimum absolute atomic E-state index is 0.110. The molecule has 1 N–H and O–H groups in total. The number of sulfonamides is 1. The molecule has 134 valence electrons. The number of halogens is 1. The minimum Gasteiger partial charge on any atom is -0.351 e. The van der Waals surface area contributed by atoms with Gasteiger partial charge in [0.25, 0.3) is 5.91 Å². The third-order valence-electron chi connectivity index (χ3n) is 3.63. The smallest absolute Gasteiger partial charge is 0.252 e. The van der Waals surface area contributed by atoms with Crippen LogP contribution in [0, 0.1) is 5.82 Å². The van der Waals surface area contributed by atoms with Gasteiger partial charge in [-0.1, -0.05) is 18.2 Å². The number of benzene rings is 1. The van der Waals surface area contributed by atoms with Gasteiger partial charge in [0.05, 0.1) is 11.8 Å². The first-order valence-corrected chi connectivity index (χ1v) is 9.59. The zero-order valence-electron chi connectivity index (χ0n) is 13.9. The van der Waals surface area contributed by atoms with E-state index in [1.54, 1.807) is 36.5 Å². The van der Waals surface area contributed by atoms with E-state index in [-0.39, 0.29) is 37.8 Å². The number of pyridine rings is 1. The monoisotopic (exact) mass is 365 g/mol. The first-order valence-electron chi connectivity index (χ1n) is 7.74. The van der Waals surface area contributed by atoms with Crippen LogP contribution in [0.2, 0.25) is 0 Å². The summed E-state index contributed by atoms with van der Waals surface area (Å²) < 4.78 is 38.7. The van der Waals surface area contributed by atoms with Crippen LogP contribution in [0.3, 0.4) is 0 Å². The van der Waals surface area contributed by atoms with Crippen molar-refractivity contribution in [2.45, 2.75) is 6.42 Å². The number of carbonyl (C=O) groups excluding carboxylic acids is 1.